The van der Waals surface area contributed by atoms with E-state index < -0.39 is 11.8 Å². The van der Waals surface area contributed by atoms with Gasteiger partial charge in [-0.05, 0) is 18.6 Å². The van der Waals surface area contributed by atoms with Crippen molar-refractivity contribution in [2.75, 3.05) is 6.61 Å². The standard InChI is InChI=1S/C24H39FO2/c1-2-3-4-5-6-7-8-9-10-11-12-13-14-15-18-21-27-24(26)22-19-16-17-20-23(22)25/h16-17,19-20H,2-15,18,21H2,1H3. The van der Waals surface area contributed by atoms with E-state index in [1.165, 1.54) is 95.6 Å². The topological polar surface area (TPSA) is 26.3 Å². The Hall–Kier alpha value is -1.38. The molecule has 0 fully saturated rings. The van der Waals surface area contributed by atoms with Crippen LogP contribution in [0.5, 0.6) is 0 Å². The fraction of sp³-hybridized carbons (Fsp3) is 0.708. The van der Waals surface area contributed by atoms with Crippen LogP contribution in [0.3, 0.4) is 0 Å². The lowest BCUT2D eigenvalue weighted by atomic mass is 10.0. The Labute approximate surface area is 165 Å². The minimum absolute atomic E-state index is 0.0264. The number of halogens is 1. The van der Waals surface area contributed by atoms with Crippen molar-refractivity contribution in [2.45, 2.75) is 103 Å². The molecule has 2 nitrogen and oxygen atoms in total. The van der Waals surface area contributed by atoms with Gasteiger partial charge < -0.3 is 4.74 Å². The van der Waals surface area contributed by atoms with Gasteiger partial charge in [-0.15, -0.1) is 0 Å². The van der Waals surface area contributed by atoms with E-state index in [4.69, 9.17) is 4.74 Å². The van der Waals surface area contributed by atoms with Gasteiger partial charge in [-0.2, -0.15) is 0 Å². The molecule has 27 heavy (non-hydrogen) atoms. The second kappa shape index (κ2) is 16.8. The Morgan fingerprint density at radius 1 is 0.741 bits per heavy atom. The van der Waals surface area contributed by atoms with Crippen LogP contribution in [0.15, 0.2) is 24.3 Å². The number of carbonyl (C=O) groups is 1. The van der Waals surface area contributed by atoms with E-state index in [2.05, 4.69) is 6.92 Å². The average Bonchev–Trinajstić information content (AvgIpc) is 2.68. The summed E-state index contributed by atoms with van der Waals surface area (Å²) in [7, 11) is 0. The molecule has 0 aliphatic rings. The quantitative estimate of drug-likeness (QED) is 0.204. The van der Waals surface area contributed by atoms with Crippen LogP contribution in [-0.2, 0) is 4.74 Å². The van der Waals surface area contributed by atoms with E-state index in [1.54, 1.807) is 12.1 Å². The van der Waals surface area contributed by atoms with Gasteiger partial charge in [-0.25, -0.2) is 9.18 Å². The lowest BCUT2D eigenvalue weighted by molar-refractivity contribution is 0.0492. The molecule has 0 aliphatic heterocycles. The van der Waals surface area contributed by atoms with Gasteiger partial charge in [0.25, 0.3) is 0 Å². The van der Waals surface area contributed by atoms with Crippen molar-refractivity contribution in [3.63, 3.8) is 0 Å². The van der Waals surface area contributed by atoms with Gasteiger partial charge in [0.15, 0.2) is 0 Å². The van der Waals surface area contributed by atoms with Gasteiger partial charge >= 0.3 is 5.97 Å². The first-order valence-electron chi connectivity index (χ1n) is 11.2. The van der Waals surface area contributed by atoms with Gasteiger partial charge in [0.2, 0.25) is 0 Å². The van der Waals surface area contributed by atoms with E-state index in [9.17, 15) is 9.18 Å². The molecule has 0 saturated heterocycles. The predicted octanol–water partition coefficient (Wildman–Crippen LogP) is 7.85. The normalized spacial score (nSPS) is 10.9. The highest BCUT2D eigenvalue weighted by Gasteiger charge is 2.11. The van der Waals surface area contributed by atoms with Gasteiger partial charge in [0.05, 0.1) is 12.2 Å². The Bertz CT molecular complexity index is 487. The highest BCUT2D eigenvalue weighted by molar-refractivity contribution is 5.89. The fourth-order valence-corrected chi connectivity index (χ4v) is 3.34. The number of carbonyl (C=O) groups excluding carboxylic acids is 1. The summed E-state index contributed by atoms with van der Waals surface area (Å²) in [6, 6.07) is 5.96. The van der Waals surface area contributed by atoms with Gasteiger partial charge in [-0.1, -0.05) is 109 Å². The molecule has 0 heterocycles. The second-order valence-corrected chi connectivity index (χ2v) is 7.57. The number of benzene rings is 1. The summed E-state index contributed by atoms with van der Waals surface area (Å²) >= 11 is 0. The maximum absolute atomic E-state index is 13.4. The van der Waals surface area contributed by atoms with Crippen molar-refractivity contribution in [1.29, 1.82) is 0 Å². The molecule has 0 unspecified atom stereocenters. The SMILES string of the molecule is CCCCCCCCCCCCCCCCCOC(=O)c1ccccc1F. The molecule has 0 aliphatic carbocycles. The van der Waals surface area contributed by atoms with Crippen LogP contribution in [0.4, 0.5) is 4.39 Å². The molecule has 0 saturated carbocycles. The molecule has 0 atom stereocenters. The van der Waals surface area contributed by atoms with Gasteiger partial charge in [-0.3, -0.25) is 0 Å². The number of hydrogen-bond acceptors (Lipinski definition) is 2. The number of rotatable bonds is 17. The zero-order valence-electron chi connectivity index (χ0n) is 17.3. The summed E-state index contributed by atoms with van der Waals surface area (Å²) in [5.74, 6) is -1.07. The molecule has 1 aromatic rings. The first-order valence-corrected chi connectivity index (χ1v) is 11.2. The minimum atomic E-state index is -0.557. The van der Waals surface area contributed by atoms with E-state index in [-0.39, 0.29) is 5.56 Å². The zero-order valence-corrected chi connectivity index (χ0v) is 17.3. The van der Waals surface area contributed by atoms with Crippen molar-refractivity contribution in [2.24, 2.45) is 0 Å². The lowest BCUT2D eigenvalue weighted by Gasteiger charge is -2.06. The molecule has 0 N–H and O–H groups in total. The first kappa shape index (κ1) is 23.7. The highest BCUT2D eigenvalue weighted by atomic mass is 19.1. The number of ether oxygens (including phenoxy) is 1. The van der Waals surface area contributed by atoms with Gasteiger partial charge in [0.1, 0.15) is 5.82 Å². The summed E-state index contributed by atoms with van der Waals surface area (Å²) in [6.07, 6.45) is 19.6. The van der Waals surface area contributed by atoms with Crippen LogP contribution in [-0.4, -0.2) is 12.6 Å². The van der Waals surface area contributed by atoms with Crippen molar-refractivity contribution in [3.05, 3.63) is 35.6 Å². The van der Waals surface area contributed by atoms with E-state index in [0.29, 0.717) is 6.61 Å². The van der Waals surface area contributed by atoms with Crippen LogP contribution in [0.2, 0.25) is 0 Å². The molecule has 0 bridgehead atoms. The average molecular weight is 379 g/mol. The van der Waals surface area contributed by atoms with Crippen LogP contribution in [0.1, 0.15) is 114 Å². The highest BCUT2D eigenvalue weighted by Crippen LogP contribution is 2.13. The lowest BCUT2D eigenvalue weighted by Crippen LogP contribution is -2.08. The molecular weight excluding hydrogens is 339 g/mol. The van der Waals surface area contributed by atoms with Gasteiger partial charge in [0, 0.05) is 0 Å². The smallest absolute Gasteiger partial charge is 0.341 e. The maximum Gasteiger partial charge on any atom is 0.341 e. The zero-order chi connectivity index (χ0) is 19.6. The molecule has 0 spiro atoms. The molecular formula is C24H39FO2. The Balaban J connectivity index is 1.82. The largest absolute Gasteiger partial charge is 0.462 e. The predicted molar refractivity (Wildman–Crippen MR) is 112 cm³/mol. The van der Waals surface area contributed by atoms with E-state index in [0.717, 1.165) is 12.8 Å². The minimum Gasteiger partial charge on any atom is -0.462 e. The third-order valence-corrected chi connectivity index (χ3v) is 5.07. The third kappa shape index (κ3) is 12.6. The van der Waals surface area contributed by atoms with Crippen LogP contribution >= 0.6 is 0 Å². The summed E-state index contributed by atoms with van der Waals surface area (Å²) in [4.78, 5) is 11.8. The molecule has 1 aromatic carbocycles. The second-order valence-electron chi connectivity index (χ2n) is 7.57. The summed E-state index contributed by atoms with van der Waals surface area (Å²) in [6.45, 7) is 2.65. The molecule has 0 amide bonds. The van der Waals surface area contributed by atoms with Crippen molar-refractivity contribution >= 4 is 5.97 Å². The number of hydrogen-bond donors (Lipinski definition) is 0. The van der Waals surface area contributed by atoms with Crippen molar-refractivity contribution < 1.29 is 13.9 Å². The fourth-order valence-electron chi connectivity index (χ4n) is 3.34. The molecule has 154 valence electrons. The maximum atomic E-state index is 13.4. The Kier molecular flexibility index (Phi) is 14.7. The summed E-state index contributed by atoms with van der Waals surface area (Å²) in [5.41, 5.74) is 0.0264. The third-order valence-electron chi connectivity index (χ3n) is 5.07. The van der Waals surface area contributed by atoms with Crippen molar-refractivity contribution in [3.8, 4) is 0 Å². The van der Waals surface area contributed by atoms with Crippen molar-refractivity contribution in [1.82, 2.24) is 0 Å². The van der Waals surface area contributed by atoms with Crippen LogP contribution in [0, 0.1) is 5.82 Å². The molecule has 0 aromatic heterocycles. The summed E-state index contributed by atoms with van der Waals surface area (Å²) < 4.78 is 18.6. The molecule has 3 heteroatoms. The number of esters is 1. The van der Waals surface area contributed by atoms with E-state index >= 15 is 0 Å². The molecule has 0 radical (unpaired) electrons. The molecule has 1 rings (SSSR count). The van der Waals surface area contributed by atoms with Crippen LogP contribution in [0.25, 0.3) is 0 Å². The first-order chi connectivity index (χ1) is 13.3. The van der Waals surface area contributed by atoms with Crippen LogP contribution < -0.4 is 0 Å². The van der Waals surface area contributed by atoms with E-state index in [1.807, 2.05) is 0 Å². The monoisotopic (exact) mass is 378 g/mol. The summed E-state index contributed by atoms with van der Waals surface area (Å²) in [5, 5.41) is 0. The Morgan fingerprint density at radius 2 is 1.19 bits per heavy atom. The Morgan fingerprint density at radius 3 is 1.67 bits per heavy atom. The number of unbranched alkanes of at least 4 members (excludes halogenated alkanes) is 14.